The van der Waals surface area contributed by atoms with Crippen molar-refractivity contribution in [1.82, 2.24) is 0 Å². The minimum absolute atomic E-state index is 0.521. The molecule has 0 radical (unpaired) electrons. The van der Waals surface area contributed by atoms with Crippen molar-refractivity contribution in [3.8, 4) is 0 Å². The Morgan fingerprint density at radius 2 is 1.71 bits per heavy atom. The molecule has 1 aliphatic heterocycles. The van der Waals surface area contributed by atoms with Gasteiger partial charge < -0.3 is 9.47 Å². The summed E-state index contributed by atoms with van der Waals surface area (Å²) in [5.41, 5.74) is -0.0315. The number of benzene rings is 1. The zero-order valence-electron chi connectivity index (χ0n) is 12.6. The molecule has 1 saturated heterocycles. The van der Waals surface area contributed by atoms with E-state index in [-0.39, 0.29) is 0 Å². The van der Waals surface area contributed by atoms with Crippen molar-refractivity contribution in [1.29, 1.82) is 0 Å². The van der Waals surface area contributed by atoms with E-state index in [9.17, 15) is 9.59 Å². The van der Waals surface area contributed by atoms with E-state index in [1.165, 1.54) is 13.8 Å². The predicted octanol–water partition coefficient (Wildman–Crippen LogP) is 3.46. The summed E-state index contributed by atoms with van der Waals surface area (Å²) in [5, 5.41) is 0.521. The molecule has 0 saturated carbocycles. The summed E-state index contributed by atoms with van der Waals surface area (Å²) in [5.74, 6) is -3.38. The Morgan fingerprint density at radius 3 is 2.19 bits per heavy atom. The van der Waals surface area contributed by atoms with E-state index in [0.29, 0.717) is 11.4 Å². The van der Waals surface area contributed by atoms with Gasteiger partial charge in [0.25, 0.3) is 5.79 Å². The van der Waals surface area contributed by atoms with Crippen molar-refractivity contribution in [2.24, 2.45) is 5.92 Å². The standard InChI is InChI=1S/C16H19ClO4/c1-5-16(4,10-8-6-7-9-11(10)17)12-13(18)20-15(2,3)21-14(12)19/h6-9,12H,5H2,1-4H3/t16-/m0/s1. The van der Waals surface area contributed by atoms with Gasteiger partial charge in [-0.25, -0.2) is 0 Å². The predicted molar refractivity (Wildman–Crippen MR) is 78.8 cm³/mol. The highest BCUT2D eigenvalue weighted by atomic mass is 35.5. The van der Waals surface area contributed by atoms with Gasteiger partial charge in [0.15, 0.2) is 5.92 Å². The topological polar surface area (TPSA) is 52.6 Å². The Bertz CT molecular complexity index is 561. The number of carbonyl (C=O) groups excluding carboxylic acids is 2. The zero-order valence-corrected chi connectivity index (χ0v) is 13.4. The van der Waals surface area contributed by atoms with E-state index in [1.807, 2.05) is 32.0 Å². The molecule has 0 amide bonds. The smallest absolute Gasteiger partial charge is 0.324 e. The van der Waals surface area contributed by atoms with Crippen molar-refractivity contribution in [3.05, 3.63) is 34.9 Å². The van der Waals surface area contributed by atoms with Crippen LogP contribution in [0.25, 0.3) is 0 Å². The lowest BCUT2D eigenvalue weighted by atomic mass is 9.69. The first-order valence-electron chi connectivity index (χ1n) is 6.92. The molecule has 1 atom stereocenters. The number of rotatable bonds is 3. The van der Waals surface area contributed by atoms with Crippen LogP contribution in [0, 0.1) is 5.92 Å². The summed E-state index contributed by atoms with van der Waals surface area (Å²) in [6.45, 7) is 6.82. The van der Waals surface area contributed by atoms with E-state index >= 15 is 0 Å². The summed E-state index contributed by atoms with van der Waals surface area (Å²) >= 11 is 6.25. The fourth-order valence-electron chi connectivity index (χ4n) is 2.71. The molecule has 4 nitrogen and oxygen atoms in total. The summed E-state index contributed by atoms with van der Waals surface area (Å²) in [7, 11) is 0. The molecule has 0 aliphatic carbocycles. The molecule has 1 aliphatic rings. The number of halogens is 1. The monoisotopic (exact) mass is 310 g/mol. The molecule has 1 aromatic carbocycles. The summed E-state index contributed by atoms with van der Waals surface area (Å²) in [4.78, 5) is 24.7. The van der Waals surface area contributed by atoms with E-state index in [2.05, 4.69) is 0 Å². The SMILES string of the molecule is CC[C@@](C)(c1ccccc1Cl)C1C(=O)OC(C)(C)OC1=O. The highest BCUT2D eigenvalue weighted by Crippen LogP contribution is 2.43. The van der Waals surface area contributed by atoms with Crippen molar-refractivity contribution < 1.29 is 19.1 Å². The third-order valence-corrected chi connectivity index (χ3v) is 4.35. The van der Waals surface area contributed by atoms with Gasteiger partial charge in [-0.3, -0.25) is 9.59 Å². The second kappa shape index (κ2) is 5.34. The van der Waals surface area contributed by atoms with E-state index < -0.39 is 29.1 Å². The lowest BCUT2D eigenvalue weighted by Gasteiger charge is -2.41. The minimum Gasteiger partial charge on any atom is -0.422 e. The molecule has 0 bridgehead atoms. The number of carbonyl (C=O) groups is 2. The number of cyclic esters (lactones) is 2. The van der Waals surface area contributed by atoms with Gasteiger partial charge >= 0.3 is 11.9 Å². The number of ether oxygens (including phenoxy) is 2. The van der Waals surface area contributed by atoms with Crippen molar-refractivity contribution in [2.45, 2.75) is 45.3 Å². The molecule has 1 aromatic rings. The van der Waals surface area contributed by atoms with Crippen LogP contribution >= 0.6 is 11.6 Å². The average molecular weight is 311 g/mol. The Labute approximate surface area is 129 Å². The maximum Gasteiger partial charge on any atom is 0.324 e. The molecule has 1 heterocycles. The van der Waals surface area contributed by atoms with E-state index in [1.54, 1.807) is 6.07 Å². The van der Waals surface area contributed by atoms with Gasteiger partial charge in [0.1, 0.15) is 0 Å². The normalized spacial score (nSPS) is 21.4. The van der Waals surface area contributed by atoms with Crippen LogP contribution in [0.3, 0.4) is 0 Å². The van der Waals surface area contributed by atoms with E-state index in [0.717, 1.165) is 5.56 Å². The van der Waals surface area contributed by atoms with Gasteiger partial charge in [0, 0.05) is 24.3 Å². The van der Waals surface area contributed by atoms with Gasteiger partial charge in [-0.2, -0.15) is 0 Å². The Balaban J connectivity index is 2.48. The first-order valence-corrected chi connectivity index (χ1v) is 7.30. The molecule has 0 unspecified atom stereocenters. The van der Waals surface area contributed by atoms with Crippen molar-refractivity contribution in [2.75, 3.05) is 0 Å². The molecule has 1 fully saturated rings. The maximum atomic E-state index is 12.3. The van der Waals surface area contributed by atoms with Crippen LogP contribution in [0.1, 0.15) is 39.7 Å². The summed E-state index contributed by atoms with van der Waals surface area (Å²) in [6, 6.07) is 7.21. The number of esters is 2. The van der Waals surface area contributed by atoms with Crippen molar-refractivity contribution >= 4 is 23.5 Å². The lowest BCUT2D eigenvalue weighted by Crippen LogP contribution is -2.53. The molecule has 21 heavy (non-hydrogen) atoms. The number of hydrogen-bond acceptors (Lipinski definition) is 4. The van der Waals surface area contributed by atoms with Crippen LogP contribution in [0.15, 0.2) is 24.3 Å². The molecule has 0 N–H and O–H groups in total. The van der Waals surface area contributed by atoms with Crippen LogP contribution in [-0.4, -0.2) is 17.7 Å². The summed E-state index contributed by atoms with van der Waals surface area (Å²) in [6.07, 6.45) is 0.548. The third-order valence-electron chi connectivity index (χ3n) is 4.02. The summed E-state index contributed by atoms with van der Waals surface area (Å²) < 4.78 is 10.5. The van der Waals surface area contributed by atoms with Crippen molar-refractivity contribution in [3.63, 3.8) is 0 Å². The van der Waals surface area contributed by atoms with Gasteiger partial charge in [-0.1, -0.05) is 43.6 Å². The second-order valence-corrected chi connectivity index (χ2v) is 6.33. The third kappa shape index (κ3) is 2.77. The lowest BCUT2D eigenvalue weighted by molar-refractivity contribution is -0.243. The maximum absolute atomic E-state index is 12.3. The van der Waals surface area contributed by atoms with Gasteiger partial charge in [-0.15, -0.1) is 0 Å². The minimum atomic E-state index is -1.22. The quantitative estimate of drug-likeness (QED) is 0.634. The molecule has 114 valence electrons. The largest absolute Gasteiger partial charge is 0.422 e. The first-order chi connectivity index (χ1) is 9.71. The highest BCUT2D eigenvalue weighted by Gasteiger charge is 2.53. The van der Waals surface area contributed by atoms with Crippen LogP contribution in [-0.2, 0) is 24.5 Å². The van der Waals surface area contributed by atoms with E-state index in [4.69, 9.17) is 21.1 Å². The average Bonchev–Trinajstić information content (AvgIpc) is 2.36. The van der Waals surface area contributed by atoms with Crippen LogP contribution < -0.4 is 0 Å². The highest BCUT2D eigenvalue weighted by molar-refractivity contribution is 6.31. The van der Waals surface area contributed by atoms with Gasteiger partial charge in [-0.05, 0) is 18.1 Å². The Morgan fingerprint density at radius 1 is 1.19 bits per heavy atom. The fourth-order valence-corrected chi connectivity index (χ4v) is 3.07. The molecular weight excluding hydrogens is 292 g/mol. The molecule has 0 spiro atoms. The van der Waals surface area contributed by atoms with Gasteiger partial charge in [0.05, 0.1) is 0 Å². The van der Waals surface area contributed by atoms with Gasteiger partial charge in [0.2, 0.25) is 0 Å². The zero-order chi connectivity index (χ0) is 15.8. The molecule has 0 aromatic heterocycles. The Kier molecular flexibility index (Phi) is 4.02. The molecule has 2 rings (SSSR count). The molecule has 5 heteroatoms. The van der Waals surface area contributed by atoms with Crippen LogP contribution in [0.4, 0.5) is 0 Å². The first kappa shape index (κ1) is 15.8. The van der Waals surface area contributed by atoms with Crippen LogP contribution in [0.5, 0.6) is 0 Å². The Hall–Kier alpha value is -1.55. The second-order valence-electron chi connectivity index (χ2n) is 5.93. The fraction of sp³-hybridized carbons (Fsp3) is 0.500. The van der Waals surface area contributed by atoms with Crippen LogP contribution in [0.2, 0.25) is 5.02 Å². The molecular formula is C16H19ClO4. The number of hydrogen-bond donors (Lipinski definition) is 0.